The van der Waals surface area contributed by atoms with Crippen molar-refractivity contribution < 1.29 is 4.42 Å². The summed E-state index contributed by atoms with van der Waals surface area (Å²) in [6.45, 7) is 0. The van der Waals surface area contributed by atoms with Crippen molar-refractivity contribution in [3.05, 3.63) is 48.2 Å². The smallest absolute Gasteiger partial charge is 0.230 e. The van der Waals surface area contributed by atoms with Gasteiger partial charge in [-0.3, -0.25) is 0 Å². The number of nitrogens with two attached hydrogens (primary N) is 1. The zero-order valence-electron chi connectivity index (χ0n) is 9.55. The second-order valence-electron chi connectivity index (χ2n) is 3.90. The first-order valence-corrected chi connectivity index (χ1v) is 5.50. The number of fused-ring (bicyclic) bond motifs is 1. The van der Waals surface area contributed by atoms with E-state index in [1.807, 2.05) is 42.5 Å². The van der Waals surface area contributed by atoms with Crippen molar-refractivity contribution in [2.45, 2.75) is 0 Å². The van der Waals surface area contributed by atoms with Crippen molar-refractivity contribution in [3.8, 4) is 23.6 Å². The third kappa shape index (κ3) is 1.52. The minimum Gasteiger partial charge on any atom is -0.427 e. The highest BCUT2D eigenvalue weighted by atomic mass is 16.3. The Hall–Kier alpha value is -2.73. The monoisotopic (exact) mass is 234 g/mol. The Labute approximate surface area is 104 Å². The lowest BCUT2D eigenvalue weighted by Crippen LogP contribution is -1.86. The van der Waals surface area contributed by atoms with Gasteiger partial charge < -0.3 is 10.2 Å². The van der Waals surface area contributed by atoms with E-state index < -0.39 is 0 Å². The SMILES string of the molecule is C#Cc1oc2nc(-c3ccccc3)ccc2c1N. The van der Waals surface area contributed by atoms with Crippen molar-refractivity contribution in [1.29, 1.82) is 0 Å². The zero-order chi connectivity index (χ0) is 12.5. The van der Waals surface area contributed by atoms with E-state index >= 15 is 0 Å². The summed E-state index contributed by atoms with van der Waals surface area (Å²) in [6, 6.07) is 13.7. The molecule has 0 radical (unpaired) electrons. The van der Waals surface area contributed by atoms with Crippen LogP contribution in [0.1, 0.15) is 5.76 Å². The molecule has 86 valence electrons. The number of aromatic nitrogens is 1. The first-order valence-electron chi connectivity index (χ1n) is 5.50. The molecular weight excluding hydrogens is 224 g/mol. The fourth-order valence-corrected chi connectivity index (χ4v) is 1.87. The number of hydrogen-bond acceptors (Lipinski definition) is 3. The number of rotatable bonds is 1. The molecule has 0 aliphatic heterocycles. The van der Waals surface area contributed by atoms with Gasteiger partial charge in [0, 0.05) is 5.56 Å². The van der Waals surface area contributed by atoms with Crippen LogP contribution in [0.25, 0.3) is 22.4 Å². The Kier molecular flexibility index (Phi) is 2.28. The number of pyridine rings is 1. The van der Waals surface area contributed by atoms with Crippen LogP contribution < -0.4 is 5.73 Å². The predicted molar refractivity (Wildman–Crippen MR) is 71.8 cm³/mol. The Morgan fingerprint density at radius 3 is 2.61 bits per heavy atom. The summed E-state index contributed by atoms with van der Waals surface area (Å²) in [7, 11) is 0. The van der Waals surface area contributed by atoms with Gasteiger partial charge in [-0.25, -0.2) is 4.98 Å². The summed E-state index contributed by atoms with van der Waals surface area (Å²) >= 11 is 0. The topological polar surface area (TPSA) is 52.0 Å². The van der Waals surface area contributed by atoms with Crippen LogP contribution in [0.4, 0.5) is 5.69 Å². The number of furan rings is 1. The van der Waals surface area contributed by atoms with Gasteiger partial charge >= 0.3 is 0 Å². The largest absolute Gasteiger partial charge is 0.427 e. The van der Waals surface area contributed by atoms with Crippen LogP contribution in [0.5, 0.6) is 0 Å². The molecule has 0 saturated carbocycles. The molecule has 0 aliphatic carbocycles. The maximum atomic E-state index is 5.86. The highest BCUT2D eigenvalue weighted by Crippen LogP contribution is 2.28. The lowest BCUT2D eigenvalue weighted by atomic mass is 10.1. The minimum absolute atomic E-state index is 0.336. The molecule has 3 aromatic rings. The molecule has 3 nitrogen and oxygen atoms in total. The quantitative estimate of drug-likeness (QED) is 0.658. The number of hydrogen-bond donors (Lipinski definition) is 1. The van der Waals surface area contributed by atoms with Crippen molar-refractivity contribution in [1.82, 2.24) is 4.98 Å². The fraction of sp³-hybridized carbons (Fsp3) is 0. The Bertz CT molecular complexity index is 751. The van der Waals surface area contributed by atoms with Crippen molar-refractivity contribution in [2.24, 2.45) is 0 Å². The summed E-state index contributed by atoms with van der Waals surface area (Å²) in [5.41, 5.74) is 8.67. The van der Waals surface area contributed by atoms with E-state index in [0.29, 0.717) is 17.2 Å². The molecule has 2 aromatic heterocycles. The maximum Gasteiger partial charge on any atom is 0.230 e. The van der Waals surface area contributed by atoms with Crippen molar-refractivity contribution >= 4 is 16.8 Å². The molecule has 0 atom stereocenters. The van der Waals surface area contributed by atoms with E-state index in [4.69, 9.17) is 16.6 Å². The molecular formula is C15H10N2O. The van der Waals surface area contributed by atoms with Crippen molar-refractivity contribution in [3.63, 3.8) is 0 Å². The molecule has 0 fully saturated rings. The number of nitrogens with zero attached hydrogens (tertiary/aromatic N) is 1. The molecule has 2 N–H and O–H groups in total. The van der Waals surface area contributed by atoms with Gasteiger partial charge in [-0.2, -0.15) is 0 Å². The third-order valence-electron chi connectivity index (χ3n) is 2.79. The average Bonchev–Trinajstić information content (AvgIpc) is 2.76. The van der Waals surface area contributed by atoms with E-state index in [9.17, 15) is 0 Å². The van der Waals surface area contributed by atoms with E-state index in [0.717, 1.165) is 16.6 Å². The number of nitrogen functional groups attached to an aromatic ring is 1. The Morgan fingerprint density at radius 2 is 1.89 bits per heavy atom. The second-order valence-corrected chi connectivity index (χ2v) is 3.90. The van der Waals surface area contributed by atoms with Gasteiger partial charge in [0.05, 0.1) is 16.8 Å². The maximum absolute atomic E-state index is 5.86. The number of benzene rings is 1. The van der Waals surface area contributed by atoms with Crippen LogP contribution in [0.3, 0.4) is 0 Å². The molecule has 0 unspecified atom stereocenters. The summed E-state index contributed by atoms with van der Waals surface area (Å²) in [4.78, 5) is 4.43. The highest BCUT2D eigenvalue weighted by molar-refractivity contribution is 5.91. The van der Waals surface area contributed by atoms with Gasteiger partial charge in [0.1, 0.15) is 0 Å². The molecule has 0 spiro atoms. The molecule has 0 amide bonds. The van der Waals surface area contributed by atoms with Crippen LogP contribution in [-0.2, 0) is 0 Å². The minimum atomic E-state index is 0.336. The lowest BCUT2D eigenvalue weighted by molar-refractivity contribution is 0.591. The summed E-state index contributed by atoms with van der Waals surface area (Å²) < 4.78 is 5.44. The van der Waals surface area contributed by atoms with Gasteiger partial charge in [-0.15, -0.1) is 6.42 Å². The van der Waals surface area contributed by atoms with Gasteiger partial charge in [-0.05, 0) is 18.1 Å². The van der Waals surface area contributed by atoms with Gasteiger partial charge in [0.25, 0.3) is 0 Å². The predicted octanol–water partition coefficient (Wildman–Crippen LogP) is 3.06. The average molecular weight is 234 g/mol. The molecule has 3 heteroatoms. The highest BCUT2D eigenvalue weighted by Gasteiger charge is 2.11. The molecule has 0 aliphatic rings. The molecule has 2 heterocycles. The first-order chi connectivity index (χ1) is 8.79. The molecule has 0 saturated heterocycles. The Balaban J connectivity index is 2.21. The lowest BCUT2D eigenvalue weighted by Gasteiger charge is -1.99. The standard InChI is InChI=1S/C15H10N2O/c1-2-13-14(16)11-8-9-12(17-15(11)18-13)10-6-4-3-5-7-10/h1,3-9H,16H2. The summed E-state index contributed by atoms with van der Waals surface area (Å²) in [5, 5.41) is 0.752. The molecule has 3 rings (SSSR count). The second kappa shape index (κ2) is 3.94. The van der Waals surface area contributed by atoms with Crippen LogP contribution in [-0.4, -0.2) is 4.98 Å². The van der Waals surface area contributed by atoms with Crippen LogP contribution in [0.15, 0.2) is 46.9 Å². The van der Waals surface area contributed by atoms with Crippen LogP contribution >= 0.6 is 0 Å². The normalized spacial score (nSPS) is 10.4. The summed E-state index contributed by atoms with van der Waals surface area (Å²) in [6.07, 6.45) is 5.31. The third-order valence-corrected chi connectivity index (χ3v) is 2.79. The van der Waals surface area contributed by atoms with Gasteiger partial charge in [-0.1, -0.05) is 30.3 Å². The van der Waals surface area contributed by atoms with Crippen molar-refractivity contribution in [2.75, 3.05) is 5.73 Å². The van der Waals surface area contributed by atoms with Gasteiger partial charge in [0.15, 0.2) is 0 Å². The van der Waals surface area contributed by atoms with E-state index in [1.165, 1.54) is 0 Å². The van der Waals surface area contributed by atoms with E-state index in [2.05, 4.69) is 10.9 Å². The fourth-order valence-electron chi connectivity index (χ4n) is 1.87. The Morgan fingerprint density at radius 1 is 1.11 bits per heavy atom. The van der Waals surface area contributed by atoms with E-state index in [1.54, 1.807) is 0 Å². The molecule has 18 heavy (non-hydrogen) atoms. The van der Waals surface area contributed by atoms with Crippen LogP contribution in [0, 0.1) is 12.3 Å². The number of terminal acetylenes is 1. The summed E-state index contributed by atoms with van der Waals surface area (Å²) in [5.74, 6) is 2.75. The first kappa shape index (κ1) is 10.4. The molecule has 1 aromatic carbocycles. The van der Waals surface area contributed by atoms with E-state index in [-0.39, 0.29) is 0 Å². The zero-order valence-corrected chi connectivity index (χ0v) is 9.55. The molecule has 0 bridgehead atoms. The van der Waals surface area contributed by atoms with Gasteiger partial charge in [0.2, 0.25) is 11.5 Å². The van der Waals surface area contributed by atoms with Crippen LogP contribution in [0.2, 0.25) is 0 Å². The number of anilines is 1.